The average Bonchev–Trinajstić information content (AvgIpc) is 2.82. The summed E-state index contributed by atoms with van der Waals surface area (Å²) in [5, 5.41) is 8.83. The van der Waals surface area contributed by atoms with E-state index in [0.717, 1.165) is 25.2 Å². The third kappa shape index (κ3) is 2.60. The van der Waals surface area contributed by atoms with Gasteiger partial charge >= 0.3 is 0 Å². The first kappa shape index (κ1) is 11.1. The van der Waals surface area contributed by atoms with Gasteiger partial charge in [-0.3, -0.25) is 0 Å². The highest BCUT2D eigenvalue weighted by molar-refractivity contribution is 5.34. The molecular weight excluding hydrogens is 198 g/mol. The average molecular weight is 215 g/mol. The van der Waals surface area contributed by atoms with Crippen molar-refractivity contribution in [1.29, 1.82) is 5.26 Å². The molecule has 84 valence electrons. The third-order valence-electron chi connectivity index (χ3n) is 3.10. The van der Waals surface area contributed by atoms with E-state index in [4.69, 9.17) is 11.0 Å². The Morgan fingerprint density at radius 1 is 1.38 bits per heavy atom. The summed E-state index contributed by atoms with van der Waals surface area (Å²) in [6, 6.07) is 9.77. The number of hydrogen-bond acceptors (Lipinski definition) is 3. The van der Waals surface area contributed by atoms with E-state index in [-0.39, 0.29) is 6.04 Å². The molecule has 16 heavy (non-hydrogen) atoms. The van der Waals surface area contributed by atoms with Crippen molar-refractivity contribution >= 4 is 0 Å². The summed E-state index contributed by atoms with van der Waals surface area (Å²) < 4.78 is 0. The Hall–Kier alpha value is -1.37. The molecule has 2 N–H and O–H groups in total. The van der Waals surface area contributed by atoms with E-state index < -0.39 is 0 Å². The minimum absolute atomic E-state index is 0.0198. The summed E-state index contributed by atoms with van der Waals surface area (Å²) in [5.41, 5.74) is 7.90. The molecule has 2 rings (SSSR count). The first-order valence-electron chi connectivity index (χ1n) is 5.77. The Kier molecular flexibility index (Phi) is 3.55. The maximum absolute atomic E-state index is 8.83. The van der Waals surface area contributed by atoms with Gasteiger partial charge in [-0.15, -0.1) is 0 Å². The van der Waals surface area contributed by atoms with E-state index in [9.17, 15) is 0 Å². The lowest BCUT2D eigenvalue weighted by Gasteiger charge is -2.20. The predicted octanol–water partition coefficient (Wildman–Crippen LogP) is 1.65. The standard InChI is InChI=1S/C13H17N3/c14-9-11-4-3-5-12(8-11)13(15)10-16-6-1-2-7-16/h3-5,8,13H,1-2,6-7,10,15H2/t13-/m1/s1. The molecule has 1 aliphatic heterocycles. The zero-order valence-corrected chi connectivity index (χ0v) is 9.39. The topological polar surface area (TPSA) is 53.1 Å². The molecule has 3 heteroatoms. The van der Waals surface area contributed by atoms with Gasteiger partial charge in [0.05, 0.1) is 11.6 Å². The van der Waals surface area contributed by atoms with E-state index in [2.05, 4.69) is 11.0 Å². The van der Waals surface area contributed by atoms with Crippen molar-refractivity contribution in [2.75, 3.05) is 19.6 Å². The molecule has 1 aromatic carbocycles. The van der Waals surface area contributed by atoms with Gasteiger partial charge in [-0.2, -0.15) is 5.26 Å². The van der Waals surface area contributed by atoms with Crippen LogP contribution in [0.2, 0.25) is 0 Å². The van der Waals surface area contributed by atoms with Crippen molar-refractivity contribution in [2.24, 2.45) is 5.73 Å². The molecule has 0 radical (unpaired) electrons. The third-order valence-corrected chi connectivity index (χ3v) is 3.10. The molecule has 1 aliphatic rings. The zero-order valence-electron chi connectivity index (χ0n) is 9.39. The molecule has 0 unspecified atom stereocenters. The number of nitrogens with two attached hydrogens (primary N) is 1. The van der Waals surface area contributed by atoms with Crippen LogP contribution in [0.25, 0.3) is 0 Å². The number of benzene rings is 1. The monoisotopic (exact) mass is 215 g/mol. The SMILES string of the molecule is N#Cc1cccc([C@H](N)CN2CCCC2)c1. The molecule has 0 aliphatic carbocycles. The lowest BCUT2D eigenvalue weighted by atomic mass is 10.0. The van der Waals surface area contributed by atoms with Gasteiger partial charge in [0.25, 0.3) is 0 Å². The molecule has 1 saturated heterocycles. The normalized spacial score (nSPS) is 18.2. The summed E-state index contributed by atoms with van der Waals surface area (Å²) >= 11 is 0. The number of hydrogen-bond donors (Lipinski definition) is 1. The summed E-state index contributed by atoms with van der Waals surface area (Å²) in [4.78, 5) is 2.39. The van der Waals surface area contributed by atoms with E-state index in [1.807, 2.05) is 24.3 Å². The van der Waals surface area contributed by atoms with Crippen molar-refractivity contribution in [3.63, 3.8) is 0 Å². The van der Waals surface area contributed by atoms with E-state index in [1.54, 1.807) is 0 Å². The fourth-order valence-corrected chi connectivity index (χ4v) is 2.19. The number of likely N-dealkylation sites (tertiary alicyclic amines) is 1. The molecule has 0 spiro atoms. The van der Waals surface area contributed by atoms with Gasteiger partial charge in [0, 0.05) is 12.6 Å². The quantitative estimate of drug-likeness (QED) is 0.834. The summed E-state index contributed by atoms with van der Waals surface area (Å²) in [5.74, 6) is 0. The van der Waals surface area contributed by atoms with Crippen molar-refractivity contribution in [1.82, 2.24) is 4.90 Å². The van der Waals surface area contributed by atoms with Crippen LogP contribution in [-0.2, 0) is 0 Å². The Balaban J connectivity index is 2.02. The van der Waals surface area contributed by atoms with Crippen LogP contribution >= 0.6 is 0 Å². The summed E-state index contributed by atoms with van der Waals surface area (Å²) in [6.45, 7) is 3.21. The van der Waals surface area contributed by atoms with Crippen LogP contribution in [-0.4, -0.2) is 24.5 Å². The van der Waals surface area contributed by atoms with E-state index in [1.165, 1.54) is 12.8 Å². The first-order chi connectivity index (χ1) is 7.79. The minimum Gasteiger partial charge on any atom is -0.323 e. The maximum atomic E-state index is 8.83. The highest BCUT2D eigenvalue weighted by Gasteiger charge is 2.15. The second kappa shape index (κ2) is 5.11. The van der Waals surface area contributed by atoms with Crippen LogP contribution in [0.3, 0.4) is 0 Å². The fraction of sp³-hybridized carbons (Fsp3) is 0.462. The van der Waals surface area contributed by atoms with Gasteiger partial charge in [-0.05, 0) is 43.6 Å². The van der Waals surface area contributed by atoms with Crippen LogP contribution in [0, 0.1) is 11.3 Å². The lowest BCUT2D eigenvalue weighted by Crippen LogP contribution is -2.29. The molecule has 0 bridgehead atoms. The minimum atomic E-state index is 0.0198. The molecule has 1 aromatic rings. The van der Waals surface area contributed by atoms with Crippen molar-refractivity contribution in [3.05, 3.63) is 35.4 Å². The van der Waals surface area contributed by atoms with E-state index >= 15 is 0 Å². The van der Waals surface area contributed by atoms with Gasteiger partial charge in [0.2, 0.25) is 0 Å². The Labute approximate surface area is 96.5 Å². The number of nitriles is 1. The number of rotatable bonds is 3. The molecule has 0 amide bonds. The van der Waals surface area contributed by atoms with Crippen molar-refractivity contribution in [3.8, 4) is 6.07 Å². The van der Waals surface area contributed by atoms with Crippen LogP contribution < -0.4 is 5.73 Å². The van der Waals surface area contributed by atoms with Gasteiger partial charge in [-0.1, -0.05) is 12.1 Å². The van der Waals surface area contributed by atoms with Gasteiger partial charge in [0.1, 0.15) is 0 Å². The van der Waals surface area contributed by atoms with Crippen molar-refractivity contribution < 1.29 is 0 Å². The smallest absolute Gasteiger partial charge is 0.0991 e. The van der Waals surface area contributed by atoms with Crippen LogP contribution in [0.5, 0.6) is 0 Å². The molecule has 3 nitrogen and oxygen atoms in total. The van der Waals surface area contributed by atoms with Gasteiger partial charge in [-0.25, -0.2) is 0 Å². The Morgan fingerprint density at radius 3 is 2.81 bits per heavy atom. The molecule has 0 aromatic heterocycles. The number of nitrogens with zero attached hydrogens (tertiary/aromatic N) is 2. The zero-order chi connectivity index (χ0) is 11.4. The van der Waals surface area contributed by atoms with E-state index in [0.29, 0.717) is 5.56 Å². The fourth-order valence-electron chi connectivity index (χ4n) is 2.19. The maximum Gasteiger partial charge on any atom is 0.0991 e. The summed E-state index contributed by atoms with van der Waals surface area (Å²) in [7, 11) is 0. The first-order valence-corrected chi connectivity index (χ1v) is 5.77. The highest BCUT2D eigenvalue weighted by Crippen LogP contribution is 2.16. The second-order valence-electron chi connectivity index (χ2n) is 4.35. The molecular formula is C13H17N3. The van der Waals surface area contributed by atoms with Gasteiger partial charge in [0.15, 0.2) is 0 Å². The molecule has 1 heterocycles. The largest absolute Gasteiger partial charge is 0.323 e. The van der Waals surface area contributed by atoms with Crippen molar-refractivity contribution in [2.45, 2.75) is 18.9 Å². The highest BCUT2D eigenvalue weighted by atomic mass is 15.1. The molecule has 1 atom stereocenters. The van der Waals surface area contributed by atoms with Crippen LogP contribution in [0.15, 0.2) is 24.3 Å². The Bertz CT molecular complexity index is 388. The molecule has 0 saturated carbocycles. The predicted molar refractivity (Wildman–Crippen MR) is 63.8 cm³/mol. The second-order valence-corrected chi connectivity index (χ2v) is 4.35. The summed E-state index contributed by atoms with van der Waals surface area (Å²) in [6.07, 6.45) is 2.57. The van der Waals surface area contributed by atoms with Gasteiger partial charge < -0.3 is 10.6 Å². The van der Waals surface area contributed by atoms with Crippen LogP contribution in [0.4, 0.5) is 0 Å². The van der Waals surface area contributed by atoms with Crippen LogP contribution in [0.1, 0.15) is 30.0 Å². The Morgan fingerprint density at radius 2 is 2.12 bits per heavy atom. The molecule has 1 fully saturated rings. The lowest BCUT2D eigenvalue weighted by molar-refractivity contribution is 0.316.